The number of amides is 1. The van der Waals surface area contributed by atoms with E-state index in [1.807, 2.05) is 0 Å². The molecule has 1 fully saturated rings. The lowest BCUT2D eigenvalue weighted by molar-refractivity contribution is -0.117. The lowest BCUT2D eigenvalue weighted by atomic mass is 10.1. The van der Waals surface area contributed by atoms with E-state index in [9.17, 15) is 13.2 Å². The second-order valence-corrected chi connectivity index (χ2v) is 7.10. The summed E-state index contributed by atoms with van der Waals surface area (Å²) in [4.78, 5) is 11.6. The molecule has 1 saturated heterocycles. The molecule has 0 bridgehead atoms. The molecule has 6 nitrogen and oxygen atoms in total. The summed E-state index contributed by atoms with van der Waals surface area (Å²) in [5.41, 5.74) is 0.866. The van der Waals surface area contributed by atoms with E-state index in [-0.39, 0.29) is 11.9 Å². The summed E-state index contributed by atoms with van der Waals surface area (Å²) in [6.07, 6.45) is 2.44. The molecule has 1 aliphatic rings. The van der Waals surface area contributed by atoms with Crippen LogP contribution in [-0.2, 0) is 14.8 Å². The number of piperidine rings is 1. The van der Waals surface area contributed by atoms with E-state index in [1.54, 1.807) is 31.3 Å². The van der Waals surface area contributed by atoms with E-state index in [2.05, 4.69) is 17.2 Å². The predicted octanol–water partition coefficient (Wildman–Crippen LogP) is 1.18. The van der Waals surface area contributed by atoms with Crippen LogP contribution in [0.15, 0.2) is 41.8 Å². The van der Waals surface area contributed by atoms with Crippen LogP contribution in [0, 0.1) is 0 Å². The molecule has 22 heavy (non-hydrogen) atoms. The Balaban J connectivity index is 2.02. The molecule has 0 saturated carbocycles. The van der Waals surface area contributed by atoms with Gasteiger partial charge in [0.05, 0.1) is 4.90 Å². The topological polar surface area (TPSA) is 78.5 Å². The highest BCUT2D eigenvalue weighted by molar-refractivity contribution is 7.89. The molecule has 7 heteroatoms. The average molecular weight is 323 g/mol. The number of sulfonamides is 1. The molecule has 2 N–H and O–H groups in total. The van der Waals surface area contributed by atoms with Gasteiger partial charge in [-0.2, -0.15) is 4.31 Å². The number of nitrogens with one attached hydrogen (secondary N) is 2. The van der Waals surface area contributed by atoms with E-state index < -0.39 is 10.0 Å². The zero-order valence-corrected chi connectivity index (χ0v) is 13.4. The summed E-state index contributed by atoms with van der Waals surface area (Å²) >= 11 is 0. The van der Waals surface area contributed by atoms with Crippen molar-refractivity contribution in [1.29, 1.82) is 0 Å². The lowest BCUT2D eigenvalue weighted by Crippen LogP contribution is -2.46. The quantitative estimate of drug-likeness (QED) is 0.798. The Labute approximate surface area is 131 Å². The van der Waals surface area contributed by atoms with Crippen molar-refractivity contribution in [2.24, 2.45) is 0 Å². The third kappa shape index (κ3) is 3.66. The molecular weight excluding hydrogens is 302 g/mol. The molecule has 0 spiro atoms. The molecule has 0 unspecified atom stereocenters. The molecular formula is C15H21N3O3S. The fraction of sp³-hybridized carbons (Fsp3) is 0.400. The number of anilines is 1. The molecule has 0 radical (unpaired) electrons. The van der Waals surface area contributed by atoms with Gasteiger partial charge in [-0.25, -0.2) is 8.42 Å². The van der Waals surface area contributed by atoms with Crippen molar-refractivity contribution in [2.75, 3.05) is 25.5 Å². The number of rotatable bonds is 5. The van der Waals surface area contributed by atoms with Crippen LogP contribution in [-0.4, -0.2) is 44.8 Å². The minimum atomic E-state index is -3.47. The van der Waals surface area contributed by atoms with Crippen molar-refractivity contribution >= 4 is 21.6 Å². The minimum absolute atomic E-state index is 0.00335. The van der Waals surface area contributed by atoms with Crippen LogP contribution in [0.2, 0.25) is 0 Å². The van der Waals surface area contributed by atoms with Crippen LogP contribution in [0.3, 0.4) is 0 Å². The first-order chi connectivity index (χ1) is 10.5. The zero-order valence-electron chi connectivity index (χ0n) is 12.6. The second-order valence-electron chi connectivity index (χ2n) is 5.17. The third-order valence-electron chi connectivity index (χ3n) is 3.77. The Bertz CT molecular complexity index is 633. The normalized spacial score (nSPS) is 17.0. The Kier molecular flexibility index (Phi) is 5.20. The summed E-state index contributed by atoms with van der Waals surface area (Å²) in [6, 6.07) is 6.69. The van der Waals surface area contributed by atoms with Gasteiger partial charge in [-0.3, -0.25) is 4.79 Å². The Morgan fingerprint density at radius 3 is 2.36 bits per heavy atom. The minimum Gasteiger partial charge on any atom is -0.388 e. The highest BCUT2D eigenvalue weighted by Gasteiger charge is 2.29. The Morgan fingerprint density at radius 1 is 1.27 bits per heavy atom. The van der Waals surface area contributed by atoms with Gasteiger partial charge >= 0.3 is 0 Å². The van der Waals surface area contributed by atoms with Crippen molar-refractivity contribution < 1.29 is 13.2 Å². The standard InChI is InChI=1S/C15H21N3O3S/c1-3-15(19)17-13-8-10-18(11-9-13)22(20,21)14-6-4-12(16-2)5-7-14/h3-7,13,16H,1,8-11H2,2H3,(H,17,19). The van der Waals surface area contributed by atoms with E-state index in [0.717, 1.165) is 5.69 Å². The highest BCUT2D eigenvalue weighted by atomic mass is 32.2. The highest BCUT2D eigenvalue weighted by Crippen LogP contribution is 2.22. The summed E-state index contributed by atoms with van der Waals surface area (Å²) in [5, 5.41) is 5.77. The molecule has 2 rings (SSSR count). The molecule has 0 aliphatic carbocycles. The molecule has 0 atom stereocenters. The Morgan fingerprint density at radius 2 is 1.86 bits per heavy atom. The molecule has 1 aromatic rings. The Hall–Kier alpha value is -1.86. The van der Waals surface area contributed by atoms with Crippen molar-refractivity contribution in [2.45, 2.75) is 23.8 Å². The SMILES string of the molecule is C=CC(=O)NC1CCN(S(=O)(=O)c2ccc(NC)cc2)CC1. The molecule has 1 aromatic carbocycles. The number of hydrogen-bond donors (Lipinski definition) is 2. The van der Waals surface area contributed by atoms with Crippen molar-refractivity contribution in [3.05, 3.63) is 36.9 Å². The number of carbonyl (C=O) groups excluding carboxylic acids is 1. The van der Waals surface area contributed by atoms with E-state index in [0.29, 0.717) is 30.8 Å². The monoisotopic (exact) mass is 323 g/mol. The lowest BCUT2D eigenvalue weighted by Gasteiger charge is -2.31. The number of hydrogen-bond acceptors (Lipinski definition) is 4. The van der Waals surface area contributed by atoms with E-state index >= 15 is 0 Å². The third-order valence-corrected chi connectivity index (χ3v) is 5.68. The van der Waals surface area contributed by atoms with E-state index in [4.69, 9.17) is 0 Å². The predicted molar refractivity (Wildman–Crippen MR) is 86.1 cm³/mol. The first kappa shape index (κ1) is 16.5. The maximum absolute atomic E-state index is 12.6. The van der Waals surface area contributed by atoms with Crippen LogP contribution in [0.5, 0.6) is 0 Å². The van der Waals surface area contributed by atoms with Crippen LogP contribution in [0.4, 0.5) is 5.69 Å². The van der Waals surface area contributed by atoms with Gasteiger partial charge in [-0.15, -0.1) is 0 Å². The summed E-state index contributed by atoms with van der Waals surface area (Å²) in [5.74, 6) is -0.219. The van der Waals surface area contributed by atoms with Gasteiger partial charge in [0.15, 0.2) is 0 Å². The second kappa shape index (κ2) is 6.93. The smallest absolute Gasteiger partial charge is 0.243 e. The van der Waals surface area contributed by atoms with Crippen LogP contribution < -0.4 is 10.6 Å². The van der Waals surface area contributed by atoms with Gasteiger partial charge in [-0.05, 0) is 43.2 Å². The molecule has 1 heterocycles. The van der Waals surface area contributed by atoms with Gasteiger partial charge in [0.1, 0.15) is 0 Å². The maximum Gasteiger partial charge on any atom is 0.243 e. The van der Waals surface area contributed by atoms with Crippen LogP contribution >= 0.6 is 0 Å². The van der Waals surface area contributed by atoms with Crippen molar-refractivity contribution in [3.63, 3.8) is 0 Å². The number of nitrogens with zero attached hydrogens (tertiary/aromatic N) is 1. The zero-order chi connectivity index (χ0) is 16.2. The van der Waals surface area contributed by atoms with Crippen molar-refractivity contribution in [3.8, 4) is 0 Å². The largest absolute Gasteiger partial charge is 0.388 e. The number of carbonyl (C=O) groups is 1. The molecule has 1 amide bonds. The van der Waals surface area contributed by atoms with Gasteiger partial charge in [-0.1, -0.05) is 6.58 Å². The molecule has 0 aromatic heterocycles. The molecule has 120 valence electrons. The van der Waals surface area contributed by atoms with Crippen LogP contribution in [0.1, 0.15) is 12.8 Å². The van der Waals surface area contributed by atoms with Crippen molar-refractivity contribution in [1.82, 2.24) is 9.62 Å². The number of benzene rings is 1. The first-order valence-electron chi connectivity index (χ1n) is 7.18. The van der Waals surface area contributed by atoms with Crippen LogP contribution in [0.25, 0.3) is 0 Å². The van der Waals surface area contributed by atoms with Gasteiger partial charge in [0.25, 0.3) is 0 Å². The summed E-state index contributed by atoms with van der Waals surface area (Å²) < 4.78 is 26.6. The van der Waals surface area contributed by atoms with Gasteiger partial charge in [0.2, 0.25) is 15.9 Å². The summed E-state index contributed by atoms with van der Waals surface area (Å²) in [7, 11) is -1.69. The fourth-order valence-corrected chi connectivity index (χ4v) is 3.91. The van der Waals surface area contributed by atoms with Gasteiger partial charge < -0.3 is 10.6 Å². The van der Waals surface area contributed by atoms with Gasteiger partial charge in [0, 0.05) is 31.9 Å². The molecule has 1 aliphatic heterocycles. The maximum atomic E-state index is 12.6. The first-order valence-corrected chi connectivity index (χ1v) is 8.62. The summed E-state index contributed by atoms with van der Waals surface area (Å²) in [6.45, 7) is 4.21. The van der Waals surface area contributed by atoms with E-state index in [1.165, 1.54) is 10.4 Å². The average Bonchev–Trinajstić information content (AvgIpc) is 2.55. The fourth-order valence-electron chi connectivity index (χ4n) is 2.44.